The van der Waals surface area contributed by atoms with Gasteiger partial charge in [0, 0.05) is 6.42 Å². The van der Waals surface area contributed by atoms with Crippen molar-refractivity contribution >= 4 is 11.9 Å². The quantitative estimate of drug-likeness (QED) is 0.738. The number of tetrazole rings is 1. The summed E-state index contributed by atoms with van der Waals surface area (Å²) >= 11 is 0. The standard InChI is InChI=1S/C10H20N6O/c1-7(2)4-8(6-11)5-9(17)12-10-13-15-16(3)14-10/h7-8H,4-6,11H2,1-3H3,(H,12,14,17)/t8-/m0/s1. The van der Waals surface area contributed by atoms with Crippen LogP contribution in [0.5, 0.6) is 0 Å². The zero-order valence-electron chi connectivity index (χ0n) is 10.6. The van der Waals surface area contributed by atoms with Crippen LogP contribution in [0.3, 0.4) is 0 Å². The van der Waals surface area contributed by atoms with Crippen LogP contribution in [0.2, 0.25) is 0 Å². The molecule has 7 heteroatoms. The molecular formula is C10H20N6O. The molecule has 17 heavy (non-hydrogen) atoms. The second-order valence-corrected chi connectivity index (χ2v) is 4.59. The Bertz CT molecular complexity index is 361. The van der Waals surface area contributed by atoms with Gasteiger partial charge >= 0.3 is 0 Å². The van der Waals surface area contributed by atoms with Gasteiger partial charge in [-0.15, -0.1) is 5.10 Å². The van der Waals surface area contributed by atoms with E-state index in [0.29, 0.717) is 18.9 Å². The molecule has 0 unspecified atom stereocenters. The summed E-state index contributed by atoms with van der Waals surface area (Å²) in [6, 6.07) is 0. The second kappa shape index (κ2) is 6.29. The lowest BCUT2D eigenvalue weighted by atomic mass is 9.94. The predicted molar refractivity (Wildman–Crippen MR) is 64.0 cm³/mol. The van der Waals surface area contributed by atoms with E-state index in [1.54, 1.807) is 7.05 Å². The first-order valence-corrected chi connectivity index (χ1v) is 5.75. The van der Waals surface area contributed by atoms with Crippen LogP contribution >= 0.6 is 0 Å². The van der Waals surface area contributed by atoms with Gasteiger partial charge in [0.15, 0.2) is 0 Å². The van der Waals surface area contributed by atoms with Gasteiger partial charge < -0.3 is 5.73 Å². The van der Waals surface area contributed by atoms with Crippen molar-refractivity contribution in [2.24, 2.45) is 24.6 Å². The third kappa shape index (κ3) is 4.90. The van der Waals surface area contributed by atoms with Gasteiger partial charge in [0.25, 0.3) is 5.95 Å². The Morgan fingerprint density at radius 1 is 1.53 bits per heavy atom. The highest BCUT2D eigenvalue weighted by molar-refractivity contribution is 5.88. The first kappa shape index (κ1) is 13.6. The zero-order chi connectivity index (χ0) is 12.8. The Hall–Kier alpha value is -1.50. The molecule has 3 N–H and O–H groups in total. The topological polar surface area (TPSA) is 98.7 Å². The minimum Gasteiger partial charge on any atom is -0.330 e. The second-order valence-electron chi connectivity index (χ2n) is 4.59. The van der Waals surface area contributed by atoms with Crippen LogP contribution in [0, 0.1) is 11.8 Å². The van der Waals surface area contributed by atoms with Crippen molar-refractivity contribution in [2.75, 3.05) is 11.9 Å². The molecule has 1 heterocycles. The Labute approximate surface area is 101 Å². The van der Waals surface area contributed by atoms with Gasteiger partial charge in [0.1, 0.15) is 0 Å². The molecule has 0 fully saturated rings. The Kier molecular flexibility index (Phi) is 5.02. The van der Waals surface area contributed by atoms with Crippen LogP contribution in [0.15, 0.2) is 0 Å². The van der Waals surface area contributed by atoms with Crippen LogP contribution < -0.4 is 11.1 Å². The molecule has 1 amide bonds. The lowest BCUT2D eigenvalue weighted by molar-refractivity contribution is -0.117. The Balaban J connectivity index is 2.42. The fourth-order valence-corrected chi connectivity index (χ4v) is 1.70. The zero-order valence-corrected chi connectivity index (χ0v) is 10.6. The average Bonchev–Trinajstić information content (AvgIpc) is 2.62. The molecule has 1 atom stereocenters. The summed E-state index contributed by atoms with van der Waals surface area (Å²) in [5.74, 6) is 0.851. The number of hydrogen-bond donors (Lipinski definition) is 2. The molecule has 0 saturated heterocycles. The maximum absolute atomic E-state index is 11.7. The summed E-state index contributed by atoms with van der Waals surface area (Å²) in [5.41, 5.74) is 5.64. The number of aryl methyl sites for hydroxylation is 1. The molecule has 0 aliphatic heterocycles. The lowest BCUT2D eigenvalue weighted by Gasteiger charge is -2.15. The summed E-state index contributed by atoms with van der Waals surface area (Å²) in [4.78, 5) is 13.0. The smallest absolute Gasteiger partial charge is 0.270 e. The molecule has 0 spiro atoms. The van der Waals surface area contributed by atoms with Gasteiger partial charge in [0.2, 0.25) is 5.91 Å². The highest BCUT2D eigenvalue weighted by Crippen LogP contribution is 2.14. The number of amides is 1. The highest BCUT2D eigenvalue weighted by Gasteiger charge is 2.15. The molecule has 0 radical (unpaired) electrons. The fourth-order valence-electron chi connectivity index (χ4n) is 1.70. The molecule has 96 valence electrons. The fraction of sp³-hybridized carbons (Fsp3) is 0.800. The number of anilines is 1. The SMILES string of the molecule is CC(C)C[C@H](CN)CC(=O)Nc1nnn(C)n1. The van der Waals surface area contributed by atoms with E-state index in [4.69, 9.17) is 5.73 Å². The van der Waals surface area contributed by atoms with Crippen LogP contribution in [0.4, 0.5) is 5.95 Å². The third-order valence-corrected chi connectivity index (χ3v) is 2.37. The van der Waals surface area contributed by atoms with Gasteiger partial charge in [-0.1, -0.05) is 18.9 Å². The number of carbonyl (C=O) groups is 1. The Morgan fingerprint density at radius 3 is 2.71 bits per heavy atom. The van der Waals surface area contributed by atoms with E-state index in [1.165, 1.54) is 4.80 Å². The summed E-state index contributed by atoms with van der Waals surface area (Å²) in [5, 5.41) is 13.8. The number of aromatic nitrogens is 4. The monoisotopic (exact) mass is 240 g/mol. The van der Waals surface area contributed by atoms with Gasteiger partial charge in [-0.2, -0.15) is 4.80 Å². The van der Waals surface area contributed by atoms with Crippen molar-refractivity contribution < 1.29 is 4.79 Å². The predicted octanol–water partition coefficient (Wildman–Crippen LogP) is 0.160. The van der Waals surface area contributed by atoms with E-state index >= 15 is 0 Å². The minimum atomic E-state index is -0.117. The Morgan fingerprint density at radius 2 is 2.24 bits per heavy atom. The van der Waals surface area contributed by atoms with E-state index in [9.17, 15) is 4.79 Å². The van der Waals surface area contributed by atoms with Gasteiger partial charge in [-0.05, 0) is 30.0 Å². The first-order chi connectivity index (χ1) is 8.01. The largest absolute Gasteiger partial charge is 0.330 e. The molecule has 1 aromatic heterocycles. The number of rotatable bonds is 6. The molecule has 1 aromatic rings. The van der Waals surface area contributed by atoms with E-state index < -0.39 is 0 Å². The molecule has 0 aliphatic rings. The highest BCUT2D eigenvalue weighted by atomic mass is 16.1. The van der Waals surface area contributed by atoms with E-state index in [1.807, 2.05) is 0 Å². The average molecular weight is 240 g/mol. The molecular weight excluding hydrogens is 220 g/mol. The number of nitrogens with two attached hydrogens (primary N) is 1. The van der Waals surface area contributed by atoms with Gasteiger partial charge in [-0.25, -0.2) is 0 Å². The minimum absolute atomic E-state index is 0.117. The normalized spacial score (nSPS) is 12.8. The summed E-state index contributed by atoms with van der Waals surface area (Å²) in [6.45, 7) is 4.75. The van der Waals surface area contributed by atoms with Crippen molar-refractivity contribution in [2.45, 2.75) is 26.7 Å². The summed E-state index contributed by atoms with van der Waals surface area (Å²) in [7, 11) is 1.64. The first-order valence-electron chi connectivity index (χ1n) is 5.75. The third-order valence-electron chi connectivity index (χ3n) is 2.37. The number of carbonyl (C=O) groups excluding carboxylic acids is 1. The van der Waals surface area contributed by atoms with E-state index in [2.05, 4.69) is 34.6 Å². The summed E-state index contributed by atoms with van der Waals surface area (Å²) in [6.07, 6.45) is 1.34. The van der Waals surface area contributed by atoms with Crippen LogP contribution in [0.1, 0.15) is 26.7 Å². The van der Waals surface area contributed by atoms with E-state index in [0.717, 1.165) is 6.42 Å². The van der Waals surface area contributed by atoms with Crippen molar-refractivity contribution in [1.82, 2.24) is 20.2 Å². The molecule has 7 nitrogen and oxygen atoms in total. The van der Waals surface area contributed by atoms with Crippen LogP contribution in [0.25, 0.3) is 0 Å². The number of nitrogens with one attached hydrogen (secondary N) is 1. The van der Waals surface area contributed by atoms with Crippen molar-refractivity contribution in [3.8, 4) is 0 Å². The number of nitrogens with zero attached hydrogens (tertiary/aromatic N) is 4. The van der Waals surface area contributed by atoms with Crippen molar-refractivity contribution in [1.29, 1.82) is 0 Å². The van der Waals surface area contributed by atoms with Crippen LogP contribution in [-0.2, 0) is 11.8 Å². The summed E-state index contributed by atoms with van der Waals surface area (Å²) < 4.78 is 0. The van der Waals surface area contributed by atoms with Gasteiger partial charge in [0.05, 0.1) is 7.05 Å². The van der Waals surface area contributed by atoms with Crippen molar-refractivity contribution in [3.63, 3.8) is 0 Å². The molecule has 0 aromatic carbocycles. The maximum Gasteiger partial charge on any atom is 0.270 e. The van der Waals surface area contributed by atoms with E-state index in [-0.39, 0.29) is 17.8 Å². The molecule has 0 aliphatic carbocycles. The van der Waals surface area contributed by atoms with Crippen LogP contribution in [-0.4, -0.2) is 32.7 Å². The number of hydrogen-bond acceptors (Lipinski definition) is 5. The molecule has 1 rings (SSSR count). The molecule has 0 bridgehead atoms. The van der Waals surface area contributed by atoms with Gasteiger partial charge in [-0.3, -0.25) is 10.1 Å². The lowest BCUT2D eigenvalue weighted by Crippen LogP contribution is -2.23. The maximum atomic E-state index is 11.7. The van der Waals surface area contributed by atoms with Crippen molar-refractivity contribution in [3.05, 3.63) is 0 Å². The molecule has 0 saturated carbocycles.